The first-order chi connectivity index (χ1) is 15.3. The third kappa shape index (κ3) is 5.06. The van der Waals surface area contributed by atoms with E-state index >= 15 is 0 Å². The lowest BCUT2D eigenvalue weighted by Gasteiger charge is -2.15. The van der Waals surface area contributed by atoms with Crippen molar-refractivity contribution in [2.24, 2.45) is 5.73 Å². The van der Waals surface area contributed by atoms with Gasteiger partial charge in [0.15, 0.2) is 11.7 Å². The maximum Gasteiger partial charge on any atom is 0.264 e. The minimum atomic E-state index is -3.51. The number of hydrogen-bond acceptors (Lipinski definition) is 7. The van der Waals surface area contributed by atoms with Crippen molar-refractivity contribution >= 4 is 48.5 Å². The molecule has 9 nitrogen and oxygen atoms in total. The highest BCUT2D eigenvalue weighted by Crippen LogP contribution is 2.30. The van der Waals surface area contributed by atoms with Gasteiger partial charge in [-0.15, -0.1) is 0 Å². The highest BCUT2D eigenvalue weighted by molar-refractivity contribution is 7.89. The summed E-state index contributed by atoms with van der Waals surface area (Å²) in [7, 11) is -3.51. The van der Waals surface area contributed by atoms with Crippen LogP contribution in [-0.4, -0.2) is 49.2 Å². The van der Waals surface area contributed by atoms with Gasteiger partial charge in [-0.05, 0) is 48.7 Å². The molecule has 4 rings (SSSR count). The molecule has 11 heteroatoms. The number of nitrogens with two attached hydrogens (primary N) is 1. The highest BCUT2D eigenvalue weighted by Gasteiger charge is 2.27. The van der Waals surface area contributed by atoms with Gasteiger partial charge in [0.1, 0.15) is 5.75 Å². The highest BCUT2D eigenvalue weighted by atomic mass is 32.2. The van der Waals surface area contributed by atoms with Crippen molar-refractivity contribution in [3.05, 3.63) is 48.0 Å². The van der Waals surface area contributed by atoms with Crippen LogP contribution < -0.4 is 15.8 Å². The first-order valence-corrected chi connectivity index (χ1v) is 12.3. The third-order valence-electron chi connectivity index (χ3n) is 4.98. The van der Waals surface area contributed by atoms with Crippen molar-refractivity contribution in [1.29, 1.82) is 0 Å². The molecule has 3 aromatic rings. The van der Waals surface area contributed by atoms with E-state index in [0.29, 0.717) is 34.2 Å². The van der Waals surface area contributed by atoms with Crippen LogP contribution in [0.2, 0.25) is 0 Å². The molecule has 1 aromatic heterocycles. The zero-order valence-corrected chi connectivity index (χ0v) is 18.7. The zero-order valence-electron chi connectivity index (χ0n) is 17.1. The largest absolute Gasteiger partial charge is 0.484 e. The Morgan fingerprint density at radius 1 is 1.12 bits per heavy atom. The summed E-state index contributed by atoms with van der Waals surface area (Å²) in [5.74, 6) is -0.334. The number of carbonyl (C=O) groups excluding carboxylic acids is 2. The van der Waals surface area contributed by atoms with Crippen molar-refractivity contribution in [2.45, 2.75) is 24.2 Å². The predicted molar refractivity (Wildman–Crippen MR) is 121 cm³/mol. The summed E-state index contributed by atoms with van der Waals surface area (Å²) in [6.07, 6.45) is 1.88. The van der Waals surface area contributed by atoms with Crippen LogP contribution in [0.4, 0.5) is 5.13 Å². The van der Waals surface area contributed by atoms with Crippen LogP contribution in [0.25, 0.3) is 10.2 Å². The van der Waals surface area contributed by atoms with Crippen LogP contribution in [0, 0.1) is 0 Å². The molecule has 32 heavy (non-hydrogen) atoms. The molecular formula is C21H22N4O5S2. The summed E-state index contributed by atoms with van der Waals surface area (Å²) < 4.78 is 33.1. The number of thiazole rings is 1. The van der Waals surface area contributed by atoms with Crippen LogP contribution >= 0.6 is 11.3 Å². The number of rotatable bonds is 8. The van der Waals surface area contributed by atoms with Crippen LogP contribution in [-0.2, 0) is 26.0 Å². The first kappa shape index (κ1) is 22.2. The molecule has 1 aliphatic heterocycles. The Kier molecular flexibility index (Phi) is 6.40. The SMILES string of the molecule is NC(=O)Cc1ccc(OCC(=O)Nc2nc3ccc(S(=O)(=O)N4CCCC4)cc3s2)cc1. The average Bonchev–Trinajstić information content (AvgIpc) is 3.42. The molecule has 0 spiro atoms. The topological polar surface area (TPSA) is 132 Å². The quantitative estimate of drug-likeness (QED) is 0.514. The number of carbonyl (C=O) groups is 2. The Labute approximate surface area is 189 Å². The van der Waals surface area contributed by atoms with E-state index in [4.69, 9.17) is 10.5 Å². The van der Waals surface area contributed by atoms with E-state index in [1.165, 1.54) is 15.6 Å². The molecule has 0 bridgehead atoms. The first-order valence-electron chi connectivity index (χ1n) is 10.0. The zero-order chi connectivity index (χ0) is 22.7. The van der Waals surface area contributed by atoms with E-state index in [0.717, 1.165) is 18.4 Å². The van der Waals surface area contributed by atoms with Crippen molar-refractivity contribution in [1.82, 2.24) is 9.29 Å². The number of nitrogens with zero attached hydrogens (tertiary/aromatic N) is 2. The minimum absolute atomic E-state index is 0.138. The second-order valence-electron chi connectivity index (χ2n) is 7.38. The van der Waals surface area contributed by atoms with E-state index in [2.05, 4.69) is 10.3 Å². The maximum absolute atomic E-state index is 12.8. The fraction of sp³-hybridized carbons (Fsp3) is 0.286. The third-order valence-corrected chi connectivity index (χ3v) is 7.81. The van der Waals surface area contributed by atoms with Crippen molar-refractivity contribution in [3.8, 4) is 5.75 Å². The van der Waals surface area contributed by atoms with Gasteiger partial charge in [0.25, 0.3) is 5.91 Å². The minimum Gasteiger partial charge on any atom is -0.484 e. The van der Waals surface area contributed by atoms with E-state index in [9.17, 15) is 18.0 Å². The van der Waals surface area contributed by atoms with Gasteiger partial charge < -0.3 is 10.5 Å². The summed E-state index contributed by atoms with van der Waals surface area (Å²) >= 11 is 1.20. The number of amides is 2. The van der Waals surface area contributed by atoms with E-state index in [1.54, 1.807) is 42.5 Å². The second kappa shape index (κ2) is 9.23. The van der Waals surface area contributed by atoms with Gasteiger partial charge in [0.2, 0.25) is 15.9 Å². The molecule has 2 amide bonds. The van der Waals surface area contributed by atoms with Gasteiger partial charge in [0.05, 0.1) is 21.5 Å². The van der Waals surface area contributed by atoms with E-state index < -0.39 is 21.8 Å². The standard InChI is InChI=1S/C21H22N4O5S2/c22-19(26)11-14-3-5-15(6-4-14)30-13-20(27)24-21-23-17-8-7-16(12-18(17)31-21)32(28,29)25-9-1-2-10-25/h3-8,12H,1-2,9-11,13H2,(H2,22,26)(H,23,24,27). The van der Waals surface area contributed by atoms with Gasteiger partial charge in [0, 0.05) is 13.1 Å². The lowest BCUT2D eigenvalue weighted by atomic mass is 10.1. The number of benzene rings is 2. The molecule has 0 aliphatic carbocycles. The van der Waals surface area contributed by atoms with Crippen molar-refractivity contribution < 1.29 is 22.7 Å². The van der Waals surface area contributed by atoms with Gasteiger partial charge in [-0.2, -0.15) is 4.31 Å². The Morgan fingerprint density at radius 2 is 1.84 bits per heavy atom. The molecule has 2 aromatic carbocycles. The van der Waals surface area contributed by atoms with Gasteiger partial charge in [-0.25, -0.2) is 13.4 Å². The van der Waals surface area contributed by atoms with Gasteiger partial charge >= 0.3 is 0 Å². The normalized spacial score (nSPS) is 14.5. The van der Waals surface area contributed by atoms with E-state index in [-0.39, 0.29) is 17.9 Å². The van der Waals surface area contributed by atoms with Crippen LogP contribution in [0.3, 0.4) is 0 Å². The predicted octanol–water partition coefficient (Wildman–Crippen LogP) is 2.13. The number of hydrogen-bond donors (Lipinski definition) is 2. The monoisotopic (exact) mass is 474 g/mol. The molecule has 0 atom stereocenters. The number of aromatic nitrogens is 1. The number of fused-ring (bicyclic) bond motifs is 1. The summed E-state index contributed by atoms with van der Waals surface area (Å²) in [6, 6.07) is 11.5. The van der Waals surface area contributed by atoms with Crippen molar-refractivity contribution in [2.75, 3.05) is 25.0 Å². The molecular weight excluding hydrogens is 452 g/mol. The molecule has 0 unspecified atom stereocenters. The average molecular weight is 475 g/mol. The fourth-order valence-electron chi connectivity index (χ4n) is 3.41. The van der Waals surface area contributed by atoms with E-state index in [1.807, 2.05) is 0 Å². The van der Waals surface area contributed by atoms with Crippen LogP contribution in [0.5, 0.6) is 5.75 Å². The molecule has 1 aliphatic rings. The second-order valence-corrected chi connectivity index (χ2v) is 10.4. The van der Waals surface area contributed by atoms with Crippen LogP contribution in [0.15, 0.2) is 47.4 Å². The smallest absolute Gasteiger partial charge is 0.264 e. The maximum atomic E-state index is 12.8. The molecule has 1 saturated heterocycles. The number of nitrogens with one attached hydrogen (secondary N) is 1. The van der Waals surface area contributed by atoms with Crippen molar-refractivity contribution in [3.63, 3.8) is 0 Å². The summed E-state index contributed by atoms with van der Waals surface area (Å²) in [5.41, 5.74) is 6.53. The van der Waals surface area contributed by atoms with Gasteiger partial charge in [-0.3, -0.25) is 14.9 Å². The number of anilines is 1. The lowest BCUT2D eigenvalue weighted by Crippen LogP contribution is -2.27. The Balaban J connectivity index is 1.38. The lowest BCUT2D eigenvalue weighted by molar-refractivity contribution is -0.118. The number of ether oxygens (including phenoxy) is 1. The molecule has 168 valence electrons. The number of sulfonamides is 1. The van der Waals surface area contributed by atoms with Gasteiger partial charge in [-0.1, -0.05) is 23.5 Å². The van der Waals surface area contributed by atoms with Crippen LogP contribution in [0.1, 0.15) is 18.4 Å². The summed E-state index contributed by atoms with van der Waals surface area (Å²) in [4.78, 5) is 27.8. The molecule has 0 saturated carbocycles. The Hall–Kier alpha value is -3.02. The molecule has 0 radical (unpaired) electrons. The molecule has 1 fully saturated rings. The molecule has 2 heterocycles. The Morgan fingerprint density at radius 3 is 2.53 bits per heavy atom. The fourth-order valence-corrected chi connectivity index (χ4v) is 5.95. The summed E-state index contributed by atoms with van der Waals surface area (Å²) in [6.45, 7) is 0.857. The summed E-state index contributed by atoms with van der Waals surface area (Å²) in [5, 5.41) is 3.04. The molecule has 3 N–H and O–H groups in total. The Bertz CT molecular complexity index is 1250. The number of primary amides is 1.